The molecule has 0 saturated heterocycles. The highest BCUT2D eigenvalue weighted by atomic mass is 16.5. The molecule has 0 radical (unpaired) electrons. The van der Waals surface area contributed by atoms with Crippen LogP contribution in [0.1, 0.15) is 45.4 Å². The number of hydrogen-bond donors (Lipinski definition) is 2. The normalized spacial score (nSPS) is 13.5. The van der Waals surface area contributed by atoms with Crippen LogP contribution in [0, 0.1) is 0 Å². The van der Waals surface area contributed by atoms with Gasteiger partial charge in [0.2, 0.25) is 11.8 Å². The number of hydrogen-bond acceptors (Lipinski definition) is 4. The lowest BCUT2D eigenvalue weighted by molar-refractivity contribution is -0.124. The van der Waals surface area contributed by atoms with E-state index in [2.05, 4.69) is 15.8 Å². The number of carbonyl (C=O) groups excluding carboxylic acids is 2. The molecular weight excluding hydrogens is 294 g/mol. The summed E-state index contributed by atoms with van der Waals surface area (Å²) in [6.45, 7) is 2.52. The molecule has 0 spiro atoms. The van der Waals surface area contributed by atoms with Crippen molar-refractivity contribution in [3.8, 4) is 5.75 Å². The Hall–Kier alpha value is -2.37. The van der Waals surface area contributed by atoms with Gasteiger partial charge in [-0.05, 0) is 56.9 Å². The van der Waals surface area contributed by atoms with Gasteiger partial charge in [0, 0.05) is 24.2 Å². The average Bonchev–Trinajstić information content (AvgIpc) is 3.06. The molecule has 0 heterocycles. The molecule has 2 rings (SSSR count). The number of hydrazone groups is 1. The highest BCUT2D eigenvalue weighted by Crippen LogP contribution is 2.16. The van der Waals surface area contributed by atoms with Gasteiger partial charge in [-0.3, -0.25) is 9.59 Å². The predicted octanol–water partition coefficient (Wildman–Crippen LogP) is 2.85. The molecule has 1 aromatic carbocycles. The maximum atomic E-state index is 11.8. The lowest BCUT2D eigenvalue weighted by Gasteiger charge is -2.07. The number of amides is 2. The summed E-state index contributed by atoms with van der Waals surface area (Å²) in [6.07, 6.45) is 4.44. The molecule has 0 aromatic heterocycles. The lowest BCUT2D eigenvalue weighted by Crippen LogP contribution is -2.21. The molecule has 6 heteroatoms. The van der Waals surface area contributed by atoms with Gasteiger partial charge in [-0.25, -0.2) is 5.43 Å². The van der Waals surface area contributed by atoms with E-state index < -0.39 is 0 Å². The van der Waals surface area contributed by atoms with Crippen molar-refractivity contribution in [1.82, 2.24) is 5.43 Å². The molecule has 2 N–H and O–H groups in total. The van der Waals surface area contributed by atoms with Gasteiger partial charge in [-0.15, -0.1) is 0 Å². The standard InChI is InChI=1S/C17H23N3O3/c1-2-23-15-9-7-13(8-10-15)18-16(21)11-12-17(22)20-19-14-5-3-4-6-14/h7-10H,2-6,11-12H2,1H3,(H,18,21)(H,20,22). The van der Waals surface area contributed by atoms with Gasteiger partial charge in [-0.1, -0.05) is 0 Å². The molecule has 124 valence electrons. The van der Waals surface area contributed by atoms with E-state index >= 15 is 0 Å². The second-order valence-electron chi connectivity index (χ2n) is 5.43. The molecule has 0 bridgehead atoms. The van der Waals surface area contributed by atoms with Crippen molar-refractivity contribution >= 4 is 23.2 Å². The molecule has 6 nitrogen and oxygen atoms in total. The minimum Gasteiger partial charge on any atom is -0.494 e. The quantitative estimate of drug-likeness (QED) is 0.759. The zero-order valence-electron chi connectivity index (χ0n) is 13.4. The first kappa shape index (κ1) is 17.0. The Balaban J connectivity index is 1.69. The van der Waals surface area contributed by atoms with E-state index in [1.165, 1.54) is 0 Å². The summed E-state index contributed by atoms with van der Waals surface area (Å²) in [5.74, 6) is 0.333. The van der Waals surface area contributed by atoms with E-state index in [1.54, 1.807) is 24.3 Å². The van der Waals surface area contributed by atoms with E-state index in [-0.39, 0.29) is 24.7 Å². The summed E-state index contributed by atoms with van der Waals surface area (Å²) in [7, 11) is 0. The third-order valence-corrected chi connectivity index (χ3v) is 3.55. The van der Waals surface area contributed by atoms with E-state index in [0.29, 0.717) is 12.3 Å². The molecule has 0 aliphatic heterocycles. The van der Waals surface area contributed by atoms with Crippen LogP contribution in [0.25, 0.3) is 0 Å². The Morgan fingerprint density at radius 1 is 1.09 bits per heavy atom. The van der Waals surface area contributed by atoms with Crippen molar-refractivity contribution in [3.63, 3.8) is 0 Å². The van der Waals surface area contributed by atoms with Crippen LogP contribution in [0.4, 0.5) is 5.69 Å². The van der Waals surface area contributed by atoms with E-state index in [4.69, 9.17) is 4.74 Å². The molecule has 2 amide bonds. The molecule has 1 aliphatic carbocycles. The minimum atomic E-state index is -0.230. The highest BCUT2D eigenvalue weighted by molar-refractivity contribution is 5.93. The third kappa shape index (κ3) is 6.10. The summed E-state index contributed by atoms with van der Waals surface area (Å²) in [5.41, 5.74) is 4.24. The van der Waals surface area contributed by atoms with Crippen LogP contribution in [0.3, 0.4) is 0 Å². The summed E-state index contributed by atoms with van der Waals surface area (Å²) >= 11 is 0. The fraction of sp³-hybridized carbons (Fsp3) is 0.471. The maximum Gasteiger partial charge on any atom is 0.240 e. The maximum absolute atomic E-state index is 11.8. The Morgan fingerprint density at radius 2 is 1.74 bits per heavy atom. The average molecular weight is 317 g/mol. The number of nitrogens with one attached hydrogen (secondary N) is 2. The summed E-state index contributed by atoms with van der Waals surface area (Å²) < 4.78 is 5.34. The molecule has 0 unspecified atom stereocenters. The van der Waals surface area contributed by atoms with Crippen LogP contribution >= 0.6 is 0 Å². The van der Waals surface area contributed by atoms with Crippen LogP contribution in [0.15, 0.2) is 29.4 Å². The second kappa shape index (κ2) is 8.92. The highest BCUT2D eigenvalue weighted by Gasteiger charge is 2.10. The van der Waals surface area contributed by atoms with Crippen molar-refractivity contribution < 1.29 is 14.3 Å². The first-order valence-corrected chi connectivity index (χ1v) is 8.04. The predicted molar refractivity (Wildman–Crippen MR) is 89.5 cm³/mol. The monoisotopic (exact) mass is 317 g/mol. The summed E-state index contributed by atoms with van der Waals surface area (Å²) in [6, 6.07) is 7.14. The van der Waals surface area contributed by atoms with Crippen molar-refractivity contribution in [2.24, 2.45) is 5.10 Å². The van der Waals surface area contributed by atoms with E-state index in [0.717, 1.165) is 37.1 Å². The van der Waals surface area contributed by atoms with Crippen molar-refractivity contribution in [3.05, 3.63) is 24.3 Å². The van der Waals surface area contributed by atoms with Crippen LogP contribution in [0.2, 0.25) is 0 Å². The Morgan fingerprint density at radius 3 is 2.39 bits per heavy atom. The van der Waals surface area contributed by atoms with Gasteiger partial charge in [0.05, 0.1) is 6.61 Å². The second-order valence-corrected chi connectivity index (χ2v) is 5.43. The van der Waals surface area contributed by atoms with Crippen LogP contribution in [-0.2, 0) is 9.59 Å². The topological polar surface area (TPSA) is 79.8 Å². The fourth-order valence-corrected chi connectivity index (χ4v) is 2.34. The number of anilines is 1. The SMILES string of the molecule is CCOc1ccc(NC(=O)CCC(=O)NN=C2CCCC2)cc1. The Kier molecular flexibility index (Phi) is 6.59. The van der Waals surface area contributed by atoms with Crippen LogP contribution in [-0.4, -0.2) is 24.1 Å². The van der Waals surface area contributed by atoms with Gasteiger partial charge >= 0.3 is 0 Å². The van der Waals surface area contributed by atoms with Crippen LogP contribution in [0.5, 0.6) is 5.75 Å². The van der Waals surface area contributed by atoms with E-state index in [9.17, 15) is 9.59 Å². The third-order valence-electron chi connectivity index (χ3n) is 3.55. The van der Waals surface area contributed by atoms with Gasteiger partial charge in [-0.2, -0.15) is 5.10 Å². The lowest BCUT2D eigenvalue weighted by atomic mass is 10.2. The summed E-state index contributed by atoms with van der Waals surface area (Å²) in [4.78, 5) is 23.5. The number of carbonyl (C=O) groups is 2. The molecular formula is C17H23N3O3. The minimum absolute atomic E-state index is 0.125. The molecule has 1 fully saturated rings. The first-order chi connectivity index (χ1) is 11.2. The number of benzene rings is 1. The first-order valence-electron chi connectivity index (χ1n) is 8.04. The fourth-order valence-electron chi connectivity index (χ4n) is 2.34. The summed E-state index contributed by atoms with van der Waals surface area (Å²) in [5, 5.41) is 6.84. The van der Waals surface area contributed by atoms with Gasteiger partial charge in [0.15, 0.2) is 0 Å². The van der Waals surface area contributed by atoms with Crippen molar-refractivity contribution in [2.45, 2.75) is 45.4 Å². The Bertz CT molecular complexity index is 559. The molecule has 1 aromatic rings. The molecule has 1 aliphatic rings. The van der Waals surface area contributed by atoms with Gasteiger partial charge in [0.25, 0.3) is 0 Å². The Labute approximate surface area is 136 Å². The van der Waals surface area contributed by atoms with Crippen molar-refractivity contribution in [1.29, 1.82) is 0 Å². The van der Waals surface area contributed by atoms with Gasteiger partial charge in [0.1, 0.15) is 5.75 Å². The molecule has 1 saturated carbocycles. The largest absolute Gasteiger partial charge is 0.494 e. The van der Waals surface area contributed by atoms with Crippen molar-refractivity contribution in [2.75, 3.05) is 11.9 Å². The number of nitrogens with zero attached hydrogens (tertiary/aromatic N) is 1. The molecule has 23 heavy (non-hydrogen) atoms. The zero-order valence-corrected chi connectivity index (χ0v) is 13.4. The zero-order chi connectivity index (χ0) is 16.5. The number of ether oxygens (including phenoxy) is 1. The van der Waals surface area contributed by atoms with Crippen LogP contribution < -0.4 is 15.5 Å². The molecule has 0 atom stereocenters. The smallest absolute Gasteiger partial charge is 0.240 e. The van der Waals surface area contributed by atoms with Gasteiger partial charge < -0.3 is 10.1 Å². The van der Waals surface area contributed by atoms with E-state index in [1.807, 2.05) is 6.92 Å². The number of rotatable bonds is 7.